The van der Waals surface area contributed by atoms with Crippen LogP contribution in [0.25, 0.3) is 0 Å². The molecule has 6 nitrogen and oxygen atoms in total. The van der Waals surface area contributed by atoms with Gasteiger partial charge in [0.1, 0.15) is 0 Å². The van der Waals surface area contributed by atoms with Crippen molar-refractivity contribution in [1.82, 2.24) is 4.90 Å². The molecule has 0 spiro atoms. The van der Waals surface area contributed by atoms with Gasteiger partial charge < -0.3 is 20.7 Å². The molecule has 2 aliphatic heterocycles. The highest BCUT2D eigenvalue weighted by atomic mass is 32.2. The van der Waals surface area contributed by atoms with Crippen LogP contribution in [0.15, 0.2) is 24.3 Å². The molecule has 3 N–H and O–H groups in total. The van der Waals surface area contributed by atoms with Gasteiger partial charge >= 0.3 is 0 Å². The van der Waals surface area contributed by atoms with Gasteiger partial charge in [0.15, 0.2) is 0 Å². The molecule has 25 heavy (non-hydrogen) atoms. The molecule has 2 heterocycles. The van der Waals surface area contributed by atoms with Crippen LogP contribution < -0.4 is 11.1 Å². The highest BCUT2D eigenvalue weighted by Gasteiger charge is 2.27. The van der Waals surface area contributed by atoms with Crippen molar-refractivity contribution in [3.63, 3.8) is 0 Å². The van der Waals surface area contributed by atoms with Crippen molar-refractivity contribution in [3.8, 4) is 0 Å². The molecule has 0 radical (unpaired) electrons. The van der Waals surface area contributed by atoms with E-state index in [0.717, 1.165) is 37.4 Å². The number of hydrogen-bond acceptors (Lipinski definition) is 5. The van der Waals surface area contributed by atoms with E-state index in [4.69, 9.17) is 10.5 Å². The molecule has 1 aromatic carbocycles. The van der Waals surface area contributed by atoms with Crippen LogP contribution in [-0.4, -0.2) is 60.6 Å². The summed E-state index contributed by atoms with van der Waals surface area (Å²) in [4.78, 5) is 26.9. The second kappa shape index (κ2) is 8.69. The Balaban J connectivity index is 1.62. The summed E-state index contributed by atoms with van der Waals surface area (Å²) < 4.78 is 5.32. The monoisotopic (exact) mass is 363 g/mol. The minimum Gasteiger partial charge on any atom is -0.381 e. The number of nitrogens with zero attached hydrogens (tertiary/aromatic N) is 1. The second-order valence-corrected chi connectivity index (χ2v) is 7.67. The van der Waals surface area contributed by atoms with E-state index in [1.807, 2.05) is 16.7 Å². The third-order valence-electron chi connectivity index (χ3n) is 4.75. The van der Waals surface area contributed by atoms with E-state index in [0.29, 0.717) is 24.5 Å². The Hall–Kier alpha value is -1.57. The average molecular weight is 363 g/mol. The van der Waals surface area contributed by atoms with Crippen molar-refractivity contribution in [2.75, 3.05) is 43.1 Å². The maximum atomic E-state index is 12.6. The number of nitrogens with two attached hydrogens (primary N) is 1. The maximum absolute atomic E-state index is 12.6. The Morgan fingerprint density at radius 1 is 1.24 bits per heavy atom. The zero-order chi connectivity index (χ0) is 17.6. The zero-order valence-corrected chi connectivity index (χ0v) is 15.1. The van der Waals surface area contributed by atoms with Crippen LogP contribution in [0.1, 0.15) is 23.2 Å². The van der Waals surface area contributed by atoms with Crippen molar-refractivity contribution in [3.05, 3.63) is 29.8 Å². The van der Waals surface area contributed by atoms with E-state index in [1.165, 1.54) is 0 Å². The Morgan fingerprint density at radius 2 is 1.96 bits per heavy atom. The van der Waals surface area contributed by atoms with Gasteiger partial charge in [-0.2, -0.15) is 11.8 Å². The highest BCUT2D eigenvalue weighted by molar-refractivity contribution is 7.99. The first-order valence-electron chi connectivity index (χ1n) is 8.76. The number of hydrogen-bond donors (Lipinski definition) is 2. The zero-order valence-electron chi connectivity index (χ0n) is 14.3. The lowest BCUT2D eigenvalue weighted by atomic mass is 9.92. The highest BCUT2D eigenvalue weighted by Crippen LogP contribution is 2.20. The molecule has 2 fully saturated rings. The number of amides is 2. The summed E-state index contributed by atoms with van der Waals surface area (Å²) in [5.74, 6) is 1.91. The summed E-state index contributed by atoms with van der Waals surface area (Å²) in [6.45, 7) is 2.86. The molecule has 0 bridgehead atoms. The predicted octanol–water partition coefficient (Wildman–Crippen LogP) is 1.57. The van der Waals surface area contributed by atoms with Crippen LogP contribution in [0.4, 0.5) is 5.69 Å². The maximum Gasteiger partial charge on any atom is 0.253 e. The van der Waals surface area contributed by atoms with Gasteiger partial charge in [0, 0.05) is 49.1 Å². The van der Waals surface area contributed by atoms with Crippen LogP contribution in [-0.2, 0) is 9.53 Å². The van der Waals surface area contributed by atoms with Crippen LogP contribution in [0.5, 0.6) is 0 Å². The largest absolute Gasteiger partial charge is 0.381 e. The van der Waals surface area contributed by atoms with Crippen LogP contribution >= 0.6 is 11.8 Å². The number of anilines is 1. The van der Waals surface area contributed by atoms with Crippen LogP contribution in [0, 0.1) is 5.92 Å². The minimum atomic E-state index is -0.553. The van der Waals surface area contributed by atoms with Gasteiger partial charge in [-0.05, 0) is 37.0 Å². The van der Waals surface area contributed by atoms with E-state index in [9.17, 15) is 9.59 Å². The first kappa shape index (κ1) is 18.2. The number of benzene rings is 1. The SMILES string of the molecule is NC(C(=O)Nc1cccc(C(=O)N2CCSCC2)c1)C1CCOCC1. The normalized spacial score (nSPS) is 20.1. The van der Waals surface area contributed by atoms with Gasteiger partial charge in [-0.3, -0.25) is 9.59 Å². The third-order valence-corrected chi connectivity index (χ3v) is 5.69. The Bertz CT molecular complexity index is 613. The van der Waals surface area contributed by atoms with Gasteiger partial charge in [0.05, 0.1) is 6.04 Å². The van der Waals surface area contributed by atoms with Crippen molar-refractivity contribution in [2.45, 2.75) is 18.9 Å². The number of carbonyl (C=O) groups excluding carboxylic acids is 2. The summed E-state index contributed by atoms with van der Waals surface area (Å²) in [6.07, 6.45) is 1.61. The first-order chi connectivity index (χ1) is 12.1. The molecule has 136 valence electrons. The predicted molar refractivity (Wildman–Crippen MR) is 99.8 cm³/mol. The Labute approximate surface area is 152 Å². The van der Waals surface area contributed by atoms with Crippen molar-refractivity contribution >= 4 is 29.3 Å². The molecule has 1 aromatic rings. The lowest BCUT2D eigenvalue weighted by Crippen LogP contribution is -2.44. The molecular weight excluding hydrogens is 338 g/mol. The molecule has 2 amide bonds. The van der Waals surface area contributed by atoms with Crippen molar-refractivity contribution < 1.29 is 14.3 Å². The topological polar surface area (TPSA) is 84.7 Å². The van der Waals surface area contributed by atoms with Gasteiger partial charge in [-0.1, -0.05) is 6.07 Å². The molecule has 1 atom stereocenters. The first-order valence-corrected chi connectivity index (χ1v) is 9.92. The summed E-state index contributed by atoms with van der Waals surface area (Å²) in [5, 5.41) is 2.86. The van der Waals surface area contributed by atoms with Crippen molar-refractivity contribution in [1.29, 1.82) is 0 Å². The van der Waals surface area contributed by atoms with Gasteiger partial charge in [0.25, 0.3) is 5.91 Å². The van der Waals surface area contributed by atoms with E-state index < -0.39 is 6.04 Å². The fourth-order valence-electron chi connectivity index (χ4n) is 3.19. The number of thioether (sulfide) groups is 1. The van der Waals surface area contributed by atoms with Gasteiger partial charge in [0.2, 0.25) is 5.91 Å². The fraction of sp³-hybridized carbons (Fsp3) is 0.556. The molecular formula is C18H25N3O3S. The second-order valence-electron chi connectivity index (χ2n) is 6.45. The summed E-state index contributed by atoms with van der Waals surface area (Å²) in [6, 6.07) is 6.55. The molecule has 2 aliphatic rings. The number of rotatable bonds is 4. The lowest BCUT2D eigenvalue weighted by Gasteiger charge is -2.27. The van der Waals surface area contributed by atoms with E-state index in [-0.39, 0.29) is 17.7 Å². The molecule has 1 unspecified atom stereocenters. The minimum absolute atomic E-state index is 0.0186. The van der Waals surface area contributed by atoms with Crippen LogP contribution in [0.3, 0.4) is 0 Å². The molecule has 0 saturated carbocycles. The fourth-order valence-corrected chi connectivity index (χ4v) is 4.10. The van der Waals surface area contributed by atoms with Crippen molar-refractivity contribution in [2.24, 2.45) is 11.7 Å². The summed E-state index contributed by atoms with van der Waals surface area (Å²) >= 11 is 1.87. The quantitative estimate of drug-likeness (QED) is 0.848. The summed E-state index contributed by atoms with van der Waals surface area (Å²) in [5.41, 5.74) is 7.33. The molecule has 0 aromatic heterocycles. The van der Waals surface area contributed by atoms with Crippen LogP contribution in [0.2, 0.25) is 0 Å². The Morgan fingerprint density at radius 3 is 2.68 bits per heavy atom. The lowest BCUT2D eigenvalue weighted by molar-refractivity contribution is -0.119. The average Bonchev–Trinajstić information content (AvgIpc) is 2.68. The molecule has 3 rings (SSSR count). The molecule has 0 aliphatic carbocycles. The third kappa shape index (κ3) is 4.74. The molecule has 7 heteroatoms. The number of ether oxygens (including phenoxy) is 1. The van der Waals surface area contributed by atoms with Gasteiger partial charge in [-0.15, -0.1) is 0 Å². The smallest absolute Gasteiger partial charge is 0.253 e. The molecule has 2 saturated heterocycles. The van der Waals surface area contributed by atoms with E-state index >= 15 is 0 Å². The summed E-state index contributed by atoms with van der Waals surface area (Å²) in [7, 11) is 0. The van der Waals surface area contributed by atoms with Gasteiger partial charge in [-0.25, -0.2) is 0 Å². The number of nitrogens with one attached hydrogen (secondary N) is 1. The Kier molecular flexibility index (Phi) is 6.34. The standard InChI is InChI=1S/C18H25N3O3S/c19-16(13-4-8-24-9-5-13)17(22)20-15-3-1-2-14(12-15)18(23)21-6-10-25-11-7-21/h1-3,12-13,16H,4-11,19H2,(H,20,22). The number of carbonyl (C=O) groups is 2. The van der Waals surface area contributed by atoms with E-state index in [1.54, 1.807) is 24.3 Å². The van der Waals surface area contributed by atoms with E-state index in [2.05, 4.69) is 5.32 Å².